The van der Waals surface area contributed by atoms with Gasteiger partial charge in [-0.15, -0.1) is 0 Å². The SMILES string of the molecule is Cc1cccc(C2C=C(c3ccc(Cl)cc3)Nc3ncnn32)c1. The molecule has 0 saturated carbocycles. The summed E-state index contributed by atoms with van der Waals surface area (Å²) in [6.45, 7) is 2.09. The van der Waals surface area contributed by atoms with Crippen molar-refractivity contribution in [2.45, 2.75) is 13.0 Å². The average Bonchev–Trinajstić information content (AvgIpc) is 3.03. The molecular weight excluding hydrogens is 308 g/mol. The Morgan fingerprint density at radius 3 is 2.74 bits per heavy atom. The Balaban J connectivity index is 1.81. The van der Waals surface area contributed by atoms with Crippen LogP contribution in [0.5, 0.6) is 0 Å². The molecule has 1 N–H and O–H groups in total. The number of fused-ring (bicyclic) bond motifs is 1. The van der Waals surface area contributed by atoms with Crippen LogP contribution >= 0.6 is 11.6 Å². The molecule has 3 aromatic rings. The van der Waals surface area contributed by atoms with Gasteiger partial charge in [-0.25, -0.2) is 4.68 Å². The van der Waals surface area contributed by atoms with Crippen LogP contribution in [0.4, 0.5) is 5.95 Å². The van der Waals surface area contributed by atoms with E-state index in [-0.39, 0.29) is 6.04 Å². The van der Waals surface area contributed by atoms with Gasteiger partial charge in [0, 0.05) is 10.7 Å². The molecule has 1 aliphatic heterocycles. The highest BCUT2D eigenvalue weighted by molar-refractivity contribution is 6.30. The van der Waals surface area contributed by atoms with Gasteiger partial charge in [0.2, 0.25) is 5.95 Å². The minimum Gasteiger partial charge on any atom is -0.324 e. The number of aryl methyl sites for hydroxylation is 1. The second-order valence-corrected chi connectivity index (χ2v) is 6.04. The fraction of sp³-hybridized carbons (Fsp3) is 0.111. The third-order valence-corrected chi connectivity index (χ3v) is 4.20. The first-order valence-corrected chi connectivity index (χ1v) is 7.79. The predicted octanol–water partition coefficient (Wildman–Crippen LogP) is 4.30. The summed E-state index contributed by atoms with van der Waals surface area (Å²) < 4.78 is 1.90. The first kappa shape index (κ1) is 14.0. The summed E-state index contributed by atoms with van der Waals surface area (Å²) in [6.07, 6.45) is 3.74. The lowest BCUT2D eigenvalue weighted by Crippen LogP contribution is -2.20. The summed E-state index contributed by atoms with van der Waals surface area (Å²) in [5.74, 6) is 0.740. The zero-order valence-electron chi connectivity index (χ0n) is 12.6. The van der Waals surface area contributed by atoms with Crippen molar-refractivity contribution in [1.82, 2.24) is 14.8 Å². The van der Waals surface area contributed by atoms with Crippen LogP contribution in [0.3, 0.4) is 0 Å². The standard InChI is InChI=1S/C18H15ClN4/c1-12-3-2-4-14(9-12)17-10-16(13-5-7-15(19)8-6-13)22-18-20-11-21-23(17)18/h2-11,17H,1H3,(H,20,21,22). The van der Waals surface area contributed by atoms with E-state index >= 15 is 0 Å². The van der Waals surface area contributed by atoms with Crippen molar-refractivity contribution in [3.63, 3.8) is 0 Å². The Morgan fingerprint density at radius 1 is 1.13 bits per heavy atom. The van der Waals surface area contributed by atoms with Gasteiger partial charge < -0.3 is 5.32 Å². The Labute approximate surface area is 139 Å². The Bertz CT molecular complexity index is 880. The molecule has 0 fully saturated rings. The maximum absolute atomic E-state index is 5.99. The van der Waals surface area contributed by atoms with Crippen molar-refractivity contribution in [1.29, 1.82) is 0 Å². The molecular formula is C18H15ClN4. The smallest absolute Gasteiger partial charge is 0.226 e. The van der Waals surface area contributed by atoms with E-state index in [0.29, 0.717) is 0 Å². The molecule has 5 heteroatoms. The highest BCUT2D eigenvalue weighted by atomic mass is 35.5. The van der Waals surface area contributed by atoms with Gasteiger partial charge in [0.25, 0.3) is 0 Å². The molecule has 0 amide bonds. The molecule has 2 heterocycles. The second kappa shape index (κ2) is 5.56. The summed E-state index contributed by atoms with van der Waals surface area (Å²) in [5.41, 5.74) is 4.49. The molecule has 0 radical (unpaired) electrons. The van der Waals surface area contributed by atoms with Crippen LogP contribution in [0.2, 0.25) is 5.02 Å². The fourth-order valence-corrected chi connectivity index (χ4v) is 2.95. The van der Waals surface area contributed by atoms with Crippen molar-refractivity contribution in [2.75, 3.05) is 5.32 Å². The van der Waals surface area contributed by atoms with Gasteiger partial charge in [0.05, 0.1) is 0 Å². The zero-order valence-corrected chi connectivity index (χ0v) is 13.3. The molecule has 1 aliphatic rings. The number of hydrogen-bond acceptors (Lipinski definition) is 3. The minimum absolute atomic E-state index is 0.0133. The Kier molecular flexibility index (Phi) is 3.39. The summed E-state index contributed by atoms with van der Waals surface area (Å²) in [7, 11) is 0. The van der Waals surface area contributed by atoms with Crippen molar-refractivity contribution in [3.05, 3.63) is 82.6 Å². The van der Waals surface area contributed by atoms with Gasteiger partial charge in [0.15, 0.2) is 0 Å². The van der Waals surface area contributed by atoms with E-state index in [0.717, 1.165) is 22.2 Å². The molecule has 1 unspecified atom stereocenters. The van der Waals surface area contributed by atoms with Crippen molar-refractivity contribution in [2.24, 2.45) is 0 Å². The maximum atomic E-state index is 5.99. The quantitative estimate of drug-likeness (QED) is 0.765. The summed E-state index contributed by atoms with van der Waals surface area (Å²) in [6, 6.07) is 16.2. The Morgan fingerprint density at radius 2 is 1.96 bits per heavy atom. The monoisotopic (exact) mass is 322 g/mol. The number of nitrogens with one attached hydrogen (secondary N) is 1. The van der Waals surface area contributed by atoms with E-state index in [2.05, 4.69) is 52.7 Å². The van der Waals surface area contributed by atoms with Gasteiger partial charge in [-0.3, -0.25) is 0 Å². The van der Waals surface area contributed by atoms with E-state index in [9.17, 15) is 0 Å². The number of benzene rings is 2. The normalized spacial score (nSPS) is 16.4. The number of anilines is 1. The molecule has 4 nitrogen and oxygen atoms in total. The lowest BCUT2D eigenvalue weighted by molar-refractivity contribution is 0.611. The highest BCUT2D eigenvalue weighted by Gasteiger charge is 2.23. The fourth-order valence-electron chi connectivity index (χ4n) is 2.82. The molecule has 114 valence electrons. The largest absolute Gasteiger partial charge is 0.324 e. The topological polar surface area (TPSA) is 42.7 Å². The first-order chi connectivity index (χ1) is 11.2. The van der Waals surface area contributed by atoms with Gasteiger partial charge in [-0.05, 0) is 36.3 Å². The number of halogens is 1. The molecule has 0 saturated heterocycles. The van der Waals surface area contributed by atoms with Crippen LogP contribution < -0.4 is 5.32 Å². The minimum atomic E-state index is 0.0133. The number of hydrogen-bond donors (Lipinski definition) is 1. The van der Waals surface area contributed by atoms with E-state index in [4.69, 9.17) is 11.6 Å². The van der Waals surface area contributed by atoms with Gasteiger partial charge in [-0.1, -0.05) is 53.6 Å². The maximum Gasteiger partial charge on any atom is 0.226 e. The van der Waals surface area contributed by atoms with Crippen molar-refractivity contribution in [3.8, 4) is 0 Å². The third-order valence-electron chi connectivity index (χ3n) is 3.95. The Hall–Kier alpha value is -2.59. The van der Waals surface area contributed by atoms with E-state index < -0.39 is 0 Å². The zero-order chi connectivity index (χ0) is 15.8. The average molecular weight is 323 g/mol. The number of rotatable bonds is 2. The number of nitrogens with zero attached hydrogens (tertiary/aromatic N) is 3. The van der Waals surface area contributed by atoms with Crippen LogP contribution in [0.1, 0.15) is 22.7 Å². The molecule has 0 aliphatic carbocycles. The first-order valence-electron chi connectivity index (χ1n) is 7.41. The molecule has 4 rings (SSSR count). The summed E-state index contributed by atoms with van der Waals surface area (Å²) in [5, 5.41) is 8.42. The van der Waals surface area contributed by atoms with Crippen molar-refractivity contribution < 1.29 is 0 Å². The number of aromatic nitrogens is 3. The number of allylic oxidation sites excluding steroid dienone is 1. The van der Waals surface area contributed by atoms with E-state index in [1.165, 1.54) is 11.1 Å². The van der Waals surface area contributed by atoms with Gasteiger partial charge in [0.1, 0.15) is 12.4 Å². The predicted molar refractivity (Wildman–Crippen MR) is 92.4 cm³/mol. The van der Waals surface area contributed by atoms with Gasteiger partial charge >= 0.3 is 0 Å². The molecule has 2 aromatic carbocycles. The van der Waals surface area contributed by atoms with Crippen LogP contribution in [-0.4, -0.2) is 14.8 Å². The molecule has 0 spiro atoms. The third kappa shape index (κ3) is 2.62. The lowest BCUT2D eigenvalue weighted by Gasteiger charge is -2.24. The van der Waals surface area contributed by atoms with Crippen LogP contribution in [0, 0.1) is 6.92 Å². The van der Waals surface area contributed by atoms with Gasteiger partial charge in [-0.2, -0.15) is 10.1 Å². The summed E-state index contributed by atoms with van der Waals surface area (Å²) >= 11 is 5.99. The highest BCUT2D eigenvalue weighted by Crippen LogP contribution is 2.32. The molecule has 1 aromatic heterocycles. The van der Waals surface area contributed by atoms with Crippen LogP contribution in [0.25, 0.3) is 5.70 Å². The molecule has 23 heavy (non-hydrogen) atoms. The lowest BCUT2D eigenvalue weighted by atomic mass is 10.0. The van der Waals surface area contributed by atoms with Crippen LogP contribution in [0.15, 0.2) is 60.9 Å². The van der Waals surface area contributed by atoms with Crippen molar-refractivity contribution >= 4 is 23.2 Å². The van der Waals surface area contributed by atoms with E-state index in [1.807, 2.05) is 28.9 Å². The second-order valence-electron chi connectivity index (χ2n) is 5.60. The molecule has 1 atom stereocenters. The van der Waals surface area contributed by atoms with Crippen LogP contribution in [-0.2, 0) is 0 Å². The summed E-state index contributed by atoms with van der Waals surface area (Å²) in [4.78, 5) is 4.32. The van der Waals surface area contributed by atoms with E-state index in [1.54, 1.807) is 6.33 Å². The molecule has 0 bridgehead atoms.